The Hall–Kier alpha value is -4.42. The summed E-state index contributed by atoms with van der Waals surface area (Å²) in [6, 6.07) is 20.8. The molecular weight excluding hydrogens is 741 g/mol. The number of aliphatic hydroxyl groups is 2. The van der Waals surface area contributed by atoms with E-state index >= 15 is 0 Å². The molecule has 0 unspecified atom stereocenters. The number of benzene rings is 3. The molecule has 3 N–H and O–H groups in total. The topological polar surface area (TPSA) is 136 Å². The largest absolute Gasteiger partial charge is 0.460 e. The first-order chi connectivity index (χ1) is 27.5. The van der Waals surface area contributed by atoms with Crippen molar-refractivity contribution in [3.8, 4) is 17.2 Å². The number of allylic oxidation sites excluding steroid dienone is 1. The van der Waals surface area contributed by atoms with E-state index in [1.807, 2.05) is 63.2 Å². The number of hydrogen-bond acceptors (Lipinski definition) is 10. The van der Waals surface area contributed by atoms with Gasteiger partial charge in [0.25, 0.3) is 0 Å². The van der Waals surface area contributed by atoms with Gasteiger partial charge in [-0.3, -0.25) is 9.59 Å². The lowest BCUT2D eigenvalue weighted by Crippen LogP contribution is -2.64. The molecule has 1 saturated carbocycles. The van der Waals surface area contributed by atoms with Crippen molar-refractivity contribution in [1.82, 2.24) is 0 Å². The highest BCUT2D eigenvalue weighted by molar-refractivity contribution is 8.00. The number of unbranched alkanes of at least 4 members (excludes halogenated alkanes) is 2. The van der Waals surface area contributed by atoms with E-state index in [4.69, 9.17) is 24.2 Å². The summed E-state index contributed by atoms with van der Waals surface area (Å²) in [5, 5.41) is 27.2. The predicted molar refractivity (Wildman–Crippen MR) is 224 cm³/mol. The quantitative estimate of drug-likeness (QED) is 0.0498. The van der Waals surface area contributed by atoms with Gasteiger partial charge in [-0.05, 0) is 118 Å². The predicted octanol–water partition coefficient (Wildman–Crippen LogP) is 9.47. The van der Waals surface area contributed by atoms with E-state index in [9.17, 15) is 19.8 Å². The SMILES string of the molecule is C=CCO[C@@]12Oc3ccc(Oc4cccc(C=O)c4)cc3[C@H]3[C@H](CCCCO)[C@@H](CCCCO)C=C(C(=NOC(C)(C)C)C[C@@H]1Sc1ccc(NC(C)=O)cc1)[C@H]32. The second kappa shape index (κ2) is 18.9. The molecule has 304 valence electrons. The van der Waals surface area contributed by atoms with Gasteiger partial charge in [0.2, 0.25) is 11.7 Å². The molecule has 11 heteroatoms. The number of carbonyl (C=O) groups excluding carboxylic acids is 2. The minimum atomic E-state index is -1.16. The summed E-state index contributed by atoms with van der Waals surface area (Å²) in [5.41, 5.74) is 3.58. The zero-order valence-electron chi connectivity index (χ0n) is 33.4. The molecule has 1 heterocycles. The summed E-state index contributed by atoms with van der Waals surface area (Å²) in [5.74, 6) is 0.394. The highest BCUT2D eigenvalue weighted by Gasteiger charge is 2.64. The van der Waals surface area contributed by atoms with E-state index in [0.29, 0.717) is 47.8 Å². The summed E-state index contributed by atoms with van der Waals surface area (Å²) in [7, 11) is 0. The van der Waals surface area contributed by atoms with Gasteiger partial charge in [-0.25, -0.2) is 0 Å². The molecule has 6 rings (SSSR count). The second-order valence-electron chi connectivity index (χ2n) is 16.1. The molecule has 1 amide bonds. The van der Waals surface area contributed by atoms with Gasteiger partial charge < -0.3 is 34.6 Å². The van der Waals surface area contributed by atoms with Gasteiger partial charge >= 0.3 is 0 Å². The van der Waals surface area contributed by atoms with Gasteiger partial charge in [-0.15, -0.1) is 18.3 Å². The Bertz CT molecular complexity index is 1940. The molecular formula is C46H56N2O8S. The first kappa shape index (κ1) is 42.2. The third kappa shape index (κ3) is 10.0. The van der Waals surface area contributed by atoms with Crippen molar-refractivity contribution in [3.05, 3.63) is 102 Å². The van der Waals surface area contributed by atoms with E-state index < -0.39 is 11.4 Å². The molecule has 2 aliphatic carbocycles. The Kier molecular flexibility index (Phi) is 14.0. The first-order valence-corrected chi connectivity index (χ1v) is 20.9. The van der Waals surface area contributed by atoms with Crippen LogP contribution in [0, 0.1) is 17.8 Å². The number of oxime groups is 1. The van der Waals surface area contributed by atoms with Crippen LogP contribution in [0.4, 0.5) is 5.69 Å². The van der Waals surface area contributed by atoms with Gasteiger partial charge in [0.1, 0.15) is 29.1 Å². The van der Waals surface area contributed by atoms with E-state index in [2.05, 4.69) is 24.0 Å². The van der Waals surface area contributed by atoms with Crippen molar-refractivity contribution in [2.24, 2.45) is 22.9 Å². The fourth-order valence-corrected chi connectivity index (χ4v) is 9.74. The number of aldehydes is 1. The summed E-state index contributed by atoms with van der Waals surface area (Å²) in [6.07, 6.45) is 10.2. The molecule has 57 heavy (non-hydrogen) atoms. The molecule has 0 aromatic heterocycles. The number of hydrogen-bond donors (Lipinski definition) is 3. The summed E-state index contributed by atoms with van der Waals surface area (Å²) < 4.78 is 20.8. The van der Waals surface area contributed by atoms with Crippen LogP contribution in [0.5, 0.6) is 17.2 Å². The highest BCUT2D eigenvalue weighted by Crippen LogP contribution is 2.63. The molecule has 3 aromatic carbocycles. The molecule has 1 aliphatic heterocycles. The molecule has 0 bridgehead atoms. The Balaban J connectivity index is 1.55. The van der Waals surface area contributed by atoms with Crippen molar-refractivity contribution in [3.63, 3.8) is 0 Å². The number of ether oxygens (including phenoxy) is 3. The van der Waals surface area contributed by atoms with E-state index in [-0.39, 0.29) is 54.6 Å². The fraction of sp³-hybridized carbons (Fsp3) is 0.457. The maximum atomic E-state index is 11.8. The zero-order valence-corrected chi connectivity index (χ0v) is 34.3. The molecule has 3 aromatic rings. The number of nitrogens with zero attached hydrogens (tertiary/aromatic N) is 1. The zero-order chi connectivity index (χ0) is 40.6. The second-order valence-corrected chi connectivity index (χ2v) is 17.3. The lowest BCUT2D eigenvalue weighted by atomic mass is 9.56. The van der Waals surface area contributed by atoms with Crippen molar-refractivity contribution >= 4 is 35.4 Å². The third-order valence-corrected chi connectivity index (χ3v) is 12.1. The lowest BCUT2D eigenvalue weighted by molar-refractivity contribution is -0.223. The van der Waals surface area contributed by atoms with Gasteiger partial charge in [0, 0.05) is 54.2 Å². The molecule has 0 radical (unpaired) electrons. The number of thioether (sulfide) groups is 1. The molecule has 6 atom stereocenters. The van der Waals surface area contributed by atoms with Gasteiger partial charge in [-0.2, -0.15) is 0 Å². The Labute approximate surface area is 340 Å². The number of nitrogens with one attached hydrogen (secondary N) is 1. The van der Waals surface area contributed by atoms with Crippen molar-refractivity contribution in [1.29, 1.82) is 0 Å². The van der Waals surface area contributed by atoms with Crippen LogP contribution in [0.3, 0.4) is 0 Å². The maximum absolute atomic E-state index is 11.8. The van der Waals surface area contributed by atoms with Crippen LogP contribution < -0.4 is 14.8 Å². The van der Waals surface area contributed by atoms with Crippen LogP contribution in [0.25, 0.3) is 0 Å². The molecule has 3 aliphatic rings. The minimum Gasteiger partial charge on any atom is -0.460 e. The number of aliphatic hydroxyl groups excluding tert-OH is 2. The number of anilines is 1. The van der Waals surface area contributed by atoms with Crippen LogP contribution in [0.15, 0.2) is 101 Å². The maximum Gasteiger partial charge on any atom is 0.231 e. The van der Waals surface area contributed by atoms with Gasteiger partial charge in [-0.1, -0.05) is 42.3 Å². The van der Waals surface area contributed by atoms with Crippen LogP contribution in [0.1, 0.15) is 94.5 Å². The van der Waals surface area contributed by atoms with Crippen molar-refractivity contribution in [2.75, 3.05) is 25.1 Å². The van der Waals surface area contributed by atoms with Gasteiger partial charge in [0.15, 0.2) is 0 Å². The lowest BCUT2D eigenvalue weighted by Gasteiger charge is -2.58. The number of carbonyl (C=O) groups is 2. The molecule has 1 fully saturated rings. The van der Waals surface area contributed by atoms with E-state index in [0.717, 1.165) is 53.7 Å². The molecule has 10 nitrogen and oxygen atoms in total. The number of fused-ring (bicyclic) bond motifs is 2. The van der Waals surface area contributed by atoms with Crippen LogP contribution in [-0.4, -0.2) is 64.6 Å². The van der Waals surface area contributed by atoms with E-state index in [1.54, 1.807) is 36.0 Å². The monoisotopic (exact) mass is 796 g/mol. The summed E-state index contributed by atoms with van der Waals surface area (Å²) in [6.45, 7) is 12.0. The van der Waals surface area contributed by atoms with Gasteiger partial charge in [0.05, 0.1) is 23.5 Å². The fourth-order valence-electron chi connectivity index (χ4n) is 8.45. The van der Waals surface area contributed by atoms with Crippen molar-refractivity contribution in [2.45, 2.75) is 100 Å². The third-order valence-electron chi connectivity index (χ3n) is 10.7. The summed E-state index contributed by atoms with van der Waals surface area (Å²) >= 11 is 1.65. The molecule has 0 spiro atoms. The summed E-state index contributed by atoms with van der Waals surface area (Å²) in [4.78, 5) is 30.6. The van der Waals surface area contributed by atoms with Crippen LogP contribution in [0.2, 0.25) is 0 Å². The van der Waals surface area contributed by atoms with Crippen LogP contribution >= 0.6 is 11.8 Å². The average molecular weight is 797 g/mol. The highest BCUT2D eigenvalue weighted by atomic mass is 32.2. The minimum absolute atomic E-state index is 0.112. The average Bonchev–Trinajstić information content (AvgIpc) is 3.18. The van der Waals surface area contributed by atoms with Crippen molar-refractivity contribution < 1.29 is 38.9 Å². The number of rotatable bonds is 18. The Morgan fingerprint density at radius 3 is 2.44 bits per heavy atom. The van der Waals surface area contributed by atoms with E-state index in [1.165, 1.54) is 6.92 Å². The molecule has 0 saturated heterocycles. The standard InChI is InChI=1S/C46H56N2O8S/c1-6-24-53-46-42(57-36-19-16-33(17-20-36)47-30(2)52)28-40(48-56-45(3,4)5)38-26-32(13-7-9-22-49)37(15-8-10-23-50)43(44(38)46)39-27-35(18-21-41(39)55-46)54-34-14-11-12-31(25-34)29-51/h6,11-12,14,16-21,25-27,29,32,37,42-44,49-50H,1,7-10,13,15,22-24,28H2,2-5H3,(H,47,52)/t32-,37+,42-,43+,44+,46+/m0/s1. The number of amides is 1. The Morgan fingerprint density at radius 1 is 1.02 bits per heavy atom. The Morgan fingerprint density at radius 2 is 1.75 bits per heavy atom. The first-order valence-electron chi connectivity index (χ1n) is 20.0. The smallest absolute Gasteiger partial charge is 0.231 e. The normalized spacial score (nSPS) is 24.4. The van der Waals surface area contributed by atoms with Crippen LogP contribution in [-0.2, 0) is 14.4 Å².